The Morgan fingerprint density at radius 2 is 2.00 bits per heavy atom. The molecule has 1 aromatic carbocycles. The number of amides is 1. The smallest absolute Gasteiger partial charge is 0.253 e. The normalized spacial score (nSPS) is 21.5. The van der Waals surface area contributed by atoms with E-state index in [4.69, 9.17) is 0 Å². The van der Waals surface area contributed by atoms with E-state index in [1.165, 1.54) is 6.42 Å². The molecule has 2 aliphatic rings. The van der Waals surface area contributed by atoms with Gasteiger partial charge in [-0.2, -0.15) is 0 Å². The van der Waals surface area contributed by atoms with E-state index in [9.17, 15) is 4.79 Å². The number of carbonyl (C=O) groups excluding carboxylic acids is 1. The molecular weight excluding hydrogens is 264 g/mol. The third kappa shape index (κ3) is 2.97. The number of hydrogen-bond acceptors (Lipinski definition) is 4. The van der Waals surface area contributed by atoms with Crippen LogP contribution in [0.5, 0.6) is 0 Å². The van der Waals surface area contributed by atoms with Crippen LogP contribution in [0.3, 0.4) is 0 Å². The van der Waals surface area contributed by atoms with Crippen LogP contribution >= 0.6 is 0 Å². The summed E-state index contributed by atoms with van der Waals surface area (Å²) in [6, 6.07) is 6.38. The minimum atomic E-state index is 0.150. The first kappa shape index (κ1) is 14.2. The van der Waals surface area contributed by atoms with Crippen molar-refractivity contribution in [2.24, 2.45) is 0 Å². The van der Waals surface area contributed by atoms with Crippen molar-refractivity contribution in [3.05, 3.63) is 23.8 Å². The van der Waals surface area contributed by atoms with Crippen molar-refractivity contribution in [3.63, 3.8) is 0 Å². The first-order valence-electron chi connectivity index (χ1n) is 7.72. The monoisotopic (exact) mass is 288 g/mol. The Bertz CT molecular complexity index is 529. The molecule has 1 amide bonds. The standard InChI is InChI=1S/C16H24N4O/c1-19(2)13-4-3-9-20(11-13)16(21)12-5-6-14-15(10-12)18-8-7-17-14/h5-6,10,13,17-18H,3-4,7-9,11H2,1-2H3. The molecule has 0 radical (unpaired) electrons. The Labute approximate surface area is 126 Å². The quantitative estimate of drug-likeness (QED) is 0.869. The highest BCUT2D eigenvalue weighted by Gasteiger charge is 2.26. The van der Waals surface area contributed by atoms with Gasteiger partial charge in [-0.3, -0.25) is 4.79 Å². The molecule has 21 heavy (non-hydrogen) atoms. The van der Waals surface area contributed by atoms with Crippen LogP contribution < -0.4 is 10.6 Å². The Balaban J connectivity index is 1.75. The number of fused-ring (bicyclic) bond motifs is 1. The number of likely N-dealkylation sites (N-methyl/N-ethyl adjacent to an activating group) is 1. The van der Waals surface area contributed by atoms with Gasteiger partial charge >= 0.3 is 0 Å². The van der Waals surface area contributed by atoms with Crippen LogP contribution in [-0.4, -0.2) is 62.0 Å². The van der Waals surface area contributed by atoms with E-state index in [0.717, 1.165) is 49.5 Å². The number of anilines is 2. The summed E-state index contributed by atoms with van der Waals surface area (Å²) in [5, 5.41) is 6.68. The maximum absolute atomic E-state index is 12.7. The molecule has 5 nitrogen and oxygen atoms in total. The Morgan fingerprint density at radius 1 is 1.24 bits per heavy atom. The van der Waals surface area contributed by atoms with E-state index in [2.05, 4.69) is 29.6 Å². The molecule has 1 atom stereocenters. The second kappa shape index (κ2) is 5.93. The van der Waals surface area contributed by atoms with Crippen molar-refractivity contribution < 1.29 is 4.79 Å². The molecule has 2 aliphatic heterocycles. The topological polar surface area (TPSA) is 47.6 Å². The average molecular weight is 288 g/mol. The number of likely N-dealkylation sites (tertiary alicyclic amines) is 1. The summed E-state index contributed by atoms with van der Waals surface area (Å²) in [6.07, 6.45) is 2.26. The average Bonchev–Trinajstić information content (AvgIpc) is 2.53. The molecule has 2 N–H and O–H groups in total. The van der Waals surface area contributed by atoms with Crippen molar-refractivity contribution >= 4 is 17.3 Å². The summed E-state index contributed by atoms with van der Waals surface area (Å²) < 4.78 is 0. The molecule has 114 valence electrons. The van der Waals surface area contributed by atoms with Crippen molar-refractivity contribution in [2.45, 2.75) is 18.9 Å². The minimum Gasteiger partial charge on any atom is -0.382 e. The lowest BCUT2D eigenvalue weighted by atomic mass is 10.0. The van der Waals surface area contributed by atoms with Gasteiger partial charge in [0.05, 0.1) is 11.4 Å². The van der Waals surface area contributed by atoms with Crippen molar-refractivity contribution in [3.8, 4) is 0 Å². The molecular formula is C16H24N4O. The van der Waals surface area contributed by atoms with E-state index in [-0.39, 0.29) is 5.91 Å². The van der Waals surface area contributed by atoms with Gasteiger partial charge < -0.3 is 20.4 Å². The van der Waals surface area contributed by atoms with Gasteiger partial charge in [0.1, 0.15) is 0 Å². The van der Waals surface area contributed by atoms with Crippen LogP contribution in [0.2, 0.25) is 0 Å². The van der Waals surface area contributed by atoms with Gasteiger partial charge in [-0.25, -0.2) is 0 Å². The molecule has 2 heterocycles. The van der Waals surface area contributed by atoms with Crippen LogP contribution in [0.25, 0.3) is 0 Å². The molecule has 0 spiro atoms. The fraction of sp³-hybridized carbons (Fsp3) is 0.562. The molecule has 1 fully saturated rings. The van der Waals surface area contributed by atoms with Gasteiger partial charge in [0, 0.05) is 37.8 Å². The first-order chi connectivity index (χ1) is 10.1. The van der Waals surface area contributed by atoms with Crippen LogP contribution in [-0.2, 0) is 0 Å². The first-order valence-corrected chi connectivity index (χ1v) is 7.72. The molecule has 0 aromatic heterocycles. The van der Waals surface area contributed by atoms with Crippen molar-refractivity contribution in [1.29, 1.82) is 0 Å². The van der Waals surface area contributed by atoms with E-state index in [0.29, 0.717) is 6.04 Å². The Morgan fingerprint density at radius 3 is 2.76 bits per heavy atom. The summed E-state index contributed by atoms with van der Waals surface area (Å²) in [5.41, 5.74) is 2.90. The number of benzene rings is 1. The lowest BCUT2D eigenvalue weighted by Crippen LogP contribution is -2.47. The molecule has 0 saturated carbocycles. The highest BCUT2D eigenvalue weighted by molar-refractivity contribution is 5.96. The lowest BCUT2D eigenvalue weighted by molar-refractivity contribution is 0.0635. The number of piperidine rings is 1. The van der Waals surface area contributed by atoms with E-state index in [1.54, 1.807) is 0 Å². The third-order valence-electron chi connectivity index (χ3n) is 4.44. The van der Waals surface area contributed by atoms with Gasteiger partial charge in [-0.05, 0) is 45.1 Å². The summed E-state index contributed by atoms with van der Waals surface area (Å²) in [7, 11) is 4.18. The summed E-state index contributed by atoms with van der Waals surface area (Å²) >= 11 is 0. The molecule has 3 rings (SSSR count). The number of nitrogens with one attached hydrogen (secondary N) is 2. The van der Waals surface area contributed by atoms with Gasteiger partial charge in [0.25, 0.3) is 5.91 Å². The maximum Gasteiger partial charge on any atom is 0.253 e. The molecule has 1 saturated heterocycles. The summed E-state index contributed by atoms with van der Waals surface area (Å²) in [6.45, 7) is 3.52. The largest absolute Gasteiger partial charge is 0.382 e. The van der Waals surface area contributed by atoms with E-state index in [1.807, 2.05) is 23.1 Å². The van der Waals surface area contributed by atoms with Crippen LogP contribution in [0, 0.1) is 0 Å². The second-order valence-corrected chi connectivity index (χ2v) is 6.12. The Kier molecular flexibility index (Phi) is 4.01. The minimum absolute atomic E-state index is 0.150. The predicted octanol–water partition coefficient (Wildman–Crippen LogP) is 1.69. The van der Waals surface area contributed by atoms with Gasteiger partial charge in [-0.1, -0.05) is 0 Å². The van der Waals surface area contributed by atoms with Gasteiger partial charge in [-0.15, -0.1) is 0 Å². The third-order valence-corrected chi connectivity index (χ3v) is 4.44. The van der Waals surface area contributed by atoms with Crippen LogP contribution in [0.4, 0.5) is 11.4 Å². The number of rotatable bonds is 2. The lowest BCUT2D eigenvalue weighted by Gasteiger charge is -2.36. The zero-order valence-electron chi connectivity index (χ0n) is 12.9. The SMILES string of the molecule is CN(C)C1CCCN(C(=O)c2ccc3c(c2)NCCN3)C1. The van der Waals surface area contributed by atoms with E-state index >= 15 is 0 Å². The zero-order chi connectivity index (χ0) is 14.8. The van der Waals surface area contributed by atoms with Crippen LogP contribution in [0.15, 0.2) is 18.2 Å². The van der Waals surface area contributed by atoms with Crippen molar-refractivity contribution in [2.75, 3.05) is 50.9 Å². The Hall–Kier alpha value is -1.75. The molecule has 1 unspecified atom stereocenters. The van der Waals surface area contributed by atoms with Crippen LogP contribution in [0.1, 0.15) is 23.2 Å². The summed E-state index contributed by atoms with van der Waals surface area (Å²) in [4.78, 5) is 16.9. The number of nitrogens with zero attached hydrogens (tertiary/aromatic N) is 2. The van der Waals surface area contributed by atoms with Gasteiger partial charge in [0.2, 0.25) is 0 Å². The molecule has 0 aliphatic carbocycles. The van der Waals surface area contributed by atoms with E-state index < -0.39 is 0 Å². The predicted molar refractivity (Wildman–Crippen MR) is 86.0 cm³/mol. The maximum atomic E-state index is 12.7. The second-order valence-electron chi connectivity index (χ2n) is 6.12. The highest BCUT2D eigenvalue weighted by Crippen LogP contribution is 2.26. The number of hydrogen-bond donors (Lipinski definition) is 2. The number of carbonyl (C=O) groups is 1. The molecule has 0 bridgehead atoms. The molecule has 1 aromatic rings. The highest BCUT2D eigenvalue weighted by atomic mass is 16.2. The molecule has 5 heteroatoms. The van der Waals surface area contributed by atoms with Crippen molar-refractivity contribution in [1.82, 2.24) is 9.80 Å². The fourth-order valence-electron chi connectivity index (χ4n) is 3.12. The fourth-order valence-corrected chi connectivity index (χ4v) is 3.12. The van der Waals surface area contributed by atoms with Gasteiger partial charge in [0.15, 0.2) is 0 Å². The summed E-state index contributed by atoms with van der Waals surface area (Å²) in [5.74, 6) is 0.150. The zero-order valence-corrected chi connectivity index (χ0v) is 12.9.